The van der Waals surface area contributed by atoms with Crippen molar-refractivity contribution in [1.82, 2.24) is 9.62 Å². The Morgan fingerprint density at radius 3 is 2.33 bits per heavy atom. The molecule has 2 rings (SSSR count). The van der Waals surface area contributed by atoms with E-state index in [1.807, 2.05) is 0 Å². The maximum atomic E-state index is 13.1. The summed E-state index contributed by atoms with van der Waals surface area (Å²) in [6.45, 7) is 0.490. The van der Waals surface area contributed by atoms with Crippen LogP contribution in [-0.4, -0.2) is 44.5 Å². The van der Waals surface area contributed by atoms with E-state index in [2.05, 4.69) is 5.32 Å². The van der Waals surface area contributed by atoms with Crippen molar-refractivity contribution in [2.24, 2.45) is 0 Å². The number of hydrogen-bond acceptors (Lipinski definition) is 3. The summed E-state index contributed by atoms with van der Waals surface area (Å²) in [5.41, 5.74) is 1.36. The van der Waals surface area contributed by atoms with E-state index in [1.165, 1.54) is 34.6 Å². The Kier molecular flexibility index (Phi) is 7.44. The molecule has 0 radical (unpaired) electrons. The largest absolute Gasteiger partial charge is 0.354 e. The predicted molar refractivity (Wildman–Crippen MR) is 99.6 cm³/mol. The highest BCUT2D eigenvalue weighted by Gasteiger charge is 2.16. The van der Waals surface area contributed by atoms with Crippen LogP contribution in [0.2, 0.25) is 0 Å². The van der Waals surface area contributed by atoms with Crippen molar-refractivity contribution < 1.29 is 22.0 Å². The fourth-order valence-corrected chi connectivity index (χ4v) is 3.41. The van der Waals surface area contributed by atoms with E-state index in [4.69, 9.17) is 0 Å². The molecule has 0 spiro atoms. The predicted octanol–water partition coefficient (Wildman–Crippen LogP) is 2.13. The molecule has 0 aliphatic heterocycles. The molecule has 0 saturated heterocycles. The zero-order chi connectivity index (χ0) is 19.9. The van der Waals surface area contributed by atoms with Crippen LogP contribution < -0.4 is 5.32 Å². The highest BCUT2D eigenvalue weighted by molar-refractivity contribution is 7.88. The van der Waals surface area contributed by atoms with Gasteiger partial charge in [-0.15, -0.1) is 0 Å². The Balaban J connectivity index is 1.83. The van der Waals surface area contributed by atoms with Crippen molar-refractivity contribution >= 4 is 15.9 Å². The smallest absolute Gasteiger partial charge is 0.224 e. The topological polar surface area (TPSA) is 66.5 Å². The molecule has 146 valence electrons. The first-order chi connectivity index (χ1) is 12.7. The second-order valence-electron chi connectivity index (χ2n) is 6.20. The third-order valence-electron chi connectivity index (χ3n) is 3.97. The first-order valence-electron chi connectivity index (χ1n) is 8.45. The quantitative estimate of drug-likeness (QED) is 0.706. The highest BCUT2D eigenvalue weighted by atomic mass is 32.2. The average Bonchev–Trinajstić information content (AvgIpc) is 2.58. The van der Waals surface area contributed by atoms with Crippen LogP contribution in [0.3, 0.4) is 0 Å². The number of amides is 1. The molecule has 0 fully saturated rings. The number of carbonyl (C=O) groups is 1. The van der Waals surface area contributed by atoms with Gasteiger partial charge in [-0.05, 0) is 41.8 Å². The van der Waals surface area contributed by atoms with Gasteiger partial charge < -0.3 is 5.32 Å². The fraction of sp³-hybridized carbons (Fsp3) is 0.316. The van der Waals surface area contributed by atoms with E-state index in [0.29, 0.717) is 12.0 Å². The van der Waals surface area contributed by atoms with Gasteiger partial charge in [0.25, 0.3) is 0 Å². The van der Waals surface area contributed by atoms with Crippen molar-refractivity contribution in [2.45, 2.75) is 12.8 Å². The molecule has 2 aromatic carbocycles. The molecule has 0 aliphatic carbocycles. The summed E-state index contributed by atoms with van der Waals surface area (Å²) in [4.78, 5) is 11.9. The molecule has 8 heteroatoms. The molecule has 0 bridgehead atoms. The number of sulfonamides is 1. The van der Waals surface area contributed by atoms with Gasteiger partial charge in [0.1, 0.15) is 11.6 Å². The standard InChI is InChI=1S/C19H22F2N2O3S/c1-27(25,26)23(11-9-15-5-7-17(20)8-6-15)12-10-22-19(24)14-16-3-2-4-18(21)13-16/h2-8,13H,9-12,14H2,1H3,(H,22,24). The molecule has 5 nitrogen and oxygen atoms in total. The van der Waals surface area contributed by atoms with Crippen LogP contribution in [0.25, 0.3) is 0 Å². The highest BCUT2D eigenvalue weighted by Crippen LogP contribution is 2.07. The molecular formula is C19H22F2N2O3S. The lowest BCUT2D eigenvalue weighted by Gasteiger charge is -2.20. The summed E-state index contributed by atoms with van der Waals surface area (Å²) in [5, 5.41) is 2.64. The number of carbonyl (C=O) groups excluding carboxylic acids is 1. The van der Waals surface area contributed by atoms with Crippen LogP contribution in [0.1, 0.15) is 11.1 Å². The molecule has 1 N–H and O–H groups in total. The van der Waals surface area contributed by atoms with E-state index in [1.54, 1.807) is 18.2 Å². The minimum Gasteiger partial charge on any atom is -0.354 e. The van der Waals surface area contributed by atoms with Crippen molar-refractivity contribution in [3.05, 3.63) is 71.3 Å². The van der Waals surface area contributed by atoms with Gasteiger partial charge in [-0.2, -0.15) is 0 Å². The summed E-state index contributed by atoms with van der Waals surface area (Å²) in [5.74, 6) is -1.07. The zero-order valence-electron chi connectivity index (χ0n) is 15.0. The van der Waals surface area contributed by atoms with Gasteiger partial charge in [-0.25, -0.2) is 21.5 Å². The third-order valence-corrected chi connectivity index (χ3v) is 5.27. The monoisotopic (exact) mass is 396 g/mol. The summed E-state index contributed by atoms with van der Waals surface area (Å²) in [6.07, 6.45) is 1.56. The normalized spacial score (nSPS) is 11.6. The van der Waals surface area contributed by atoms with E-state index in [0.717, 1.165) is 11.8 Å². The fourth-order valence-electron chi connectivity index (χ4n) is 2.56. The first-order valence-corrected chi connectivity index (χ1v) is 10.3. The number of benzene rings is 2. The minimum absolute atomic E-state index is 0.0201. The van der Waals surface area contributed by atoms with Gasteiger partial charge in [0, 0.05) is 19.6 Å². The van der Waals surface area contributed by atoms with Gasteiger partial charge in [0.15, 0.2) is 0 Å². The lowest BCUT2D eigenvalue weighted by atomic mass is 10.1. The number of nitrogens with zero attached hydrogens (tertiary/aromatic N) is 1. The lowest BCUT2D eigenvalue weighted by molar-refractivity contribution is -0.120. The number of nitrogens with one attached hydrogen (secondary N) is 1. The van der Waals surface area contributed by atoms with Crippen LogP contribution in [0, 0.1) is 11.6 Å². The van der Waals surface area contributed by atoms with Crippen molar-refractivity contribution in [1.29, 1.82) is 0 Å². The maximum absolute atomic E-state index is 13.1. The molecule has 2 aromatic rings. The Morgan fingerprint density at radius 1 is 1.00 bits per heavy atom. The Labute approximate surface area is 158 Å². The zero-order valence-corrected chi connectivity index (χ0v) is 15.8. The van der Waals surface area contributed by atoms with E-state index in [-0.39, 0.29) is 37.8 Å². The molecule has 0 heterocycles. The van der Waals surface area contributed by atoms with E-state index in [9.17, 15) is 22.0 Å². The molecule has 0 unspecified atom stereocenters. The summed E-state index contributed by atoms with van der Waals surface area (Å²) in [7, 11) is -3.45. The third kappa shape index (κ3) is 7.44. The molecule has 0 aromatic heterocycles. The summed E-state index contributed by atoms with van der Waals surface area (Å²) in [6, 6.07) is 11.6. The molecule has 27 heavy (non-hydrogen) atoms. The van der Waals surface area contributed by atoms with Gasteiger partial charge in [0.2, 0.25) is 15.9 Å². The Hall–Kier alpha value is -2.32. The van der Waals surface area contributed by atoms with Crippen LogP contribution in [0.4, 0.5) is 8.78 Å². The molecule has 0 atom stereocenters. The molecule has 0 aliphatic rings. The van der Waals surface area contributed by atoms with Gasteiger partial charge in [-0.1, -0.05) is 24.3 Å². The molecule has 0 saturated carbocycles. The second-order valence-corrected chi connectivity index (χ2v) is 8.18. The van der Waals surface area contributed by atoms with Crippen molar-refractivity contribution in [3.8, 4) is 0 Å². The van der Waals surface area contributed by atoms with Gasteiger partial charge >= 0.3 is 0 Å². The SMILES string of the molecule is CS(=O)(=O)N(CCNC(=O)Cc1cccc(F)c1)CCc1ccc(F)cc1. The molecular weight excluding hydrogens is 374 g/mol. The minimum atomic E-state index is -3.45. The average molecular weight is 396 g/mol. The van der Waals surface area contributed by atoms with Crippen molar-refractivity contribution in [3.63, 3.8) is 0 Å². The van der Waals surface area contributed by atoms with Gasteiger partial charge in [-0.3, -0.25) is 4.79 Å². The van der Waals surface area contributed by atoms with E-state index >= 15 is 0 Å². The molecule has 1 amide bonds. The van der Waals surface area contributed by atoms with Crippen LogP contribution >= 0.6 is 0 Å². The van der Waals surface area contributed by atoms with Crippen LogP contribution in [0.5, 0.6) is 0 Å². The lowest BCUT2D eigenvalue weighted by Crippen LogP contribution is -2.39. The number of halogens is 2. The van der Waals surface area contributed by atoms with Crippen molar-refractivity contribution in [2.75, 3.05) is 25.9 Å². The second kappa shape index (κ2) is 9.57. The summed E-state index contributed by atoms with van der Waals surface area (Å²) < 4.78 is 51.2. The maximum Gasteiger partial charge on any atom is 0.224 e. The van der Waals surface area contributed by atoms with E-state index < -0.39 is 15.8 Å². The number of hydrogen-bond donors (Lipinski definition) is 1. The van der Waals surface area contributed by atoms with Crippen LogP contribution in [-0.2, 0) is 27.7 Å². The number of rotatable bonds is 9. The van der Waals surface area contributed by atoms with Gasteiger partial charge in [0.05, 0.1) is 12.7 Å². The Morgan fingerprint density at radius 2 is 1.70 bits per heavy atom. The Bertz CT molecular complexity index is 871. The first kappa shape index (κ1) is 21.0. The summed E-state index contributed by atoms with van der Waals surface area (Å²) >= 11 is 0. The van der Waals surface area contributed by atoms with Crippen LogP contribution in [0.15, 0.2) is 48.5 Å².